The highest BCUT2D eigenvalue weighted by Crippen LogP contribution is 2.23. The molecule has 1 N–H and O–H groups in total. The van der Waals surface area contributed by atoms with Gasteiger partial charge in [-0.05, 0) is 38.5 Å². The molecule has 0 fully saturated rings. The molecule has 0 bridgehead atoms. The highest BCUT2D eigenvalue weighted by atomic mass is 32.2. The minimum absolute atomic E-state index is 0.0556. The Balaban J connectivity index is 3.29. The Morgan fingerprint density at radius 1 is 1.25 bits per heavy atom. The topological polar surface area (TPSA) is 57.6 Å². The zero-order chi connectivity index (χ0) is 12.3. The highest BCUT2D eigenvalue weighted by molar-refractivity contribution is 7.85. The number of benzene rings is 1. The molecule has 16 heavy (non-hydrogen) atoms. The summed E-state index contributed by atoms with van der Waals surface area (Å²) >= 11 is 0. The lowest BCUT2D eigenvalue weighted by Crippen LogP contribution is -2.23. The summed E-state index contributed by atoms with van der Waals surface area (Å²) < 4.78 is 31.1. The molecule has 5 heteroatoms. The van der Waals surface area contributed by atoms with E-state index >= 15 is 0 Å². The number of hydrogen-bond donors (Lipinski definition) is 1. The molecule has 0 aliphatic heterocycles. The number of rotatable bonds is 4. The van der Waals surface area contributed by atoms with Crippen LogP contribution in [-0.2, 0) is 10.1 Å². The van der Waals surface area contributed by atoms with E-state index in [0.29, 0.717) is 0 Å². The summed E-state index contributed by atoms with van der Waals surface area (Å²) in [6, 6.07) is 4.63. The normalized spacial score (nSPS) is 11.5. The van der Waals surface area contributed by atoms with Crippen molar-refractivity contribution in [2.45, 2.75) is 25.7 Å². The van der Waals surface area contributed by atoms with E-state index in [1.54, 1.807) is 6.07 Å². The van der Waals surface area contributed by atoms with Gasteiger partial charge < -0.3 is 4.90 Å². The summed E-state index contributed by atoms with van der Waals surface area (Å²) in [7, 11) is -4.12. The van der Waals surface area contributed by atoms with E-state index in [1.165, 1.54) is 12.1 Å². The van der Waals surface area contributed by atoms with Crippen molar-refractivity contribution in [1.29, 1.82) is 0 Å². The molecule has 0 saturated carbocycles. The molecule has 1 rings (SSSR count). The van der Waals surface area contributed by atoms with Crippen LogP contribution in [0.2, 0.25) is 0 Å². The summed E-state index contributed by atoms with van der Waals surface area (Å²) in [5, 5.41) is 0. The standard InChI is InChI=1S/C11H17NO3S/c1-4-12(5-2)11-8-10(16(13,14)15)7-6-9(11)3/h6-8H,4-5H2,1-3H3,(H,13,14,15). The Hall–Kier alpha value is -1.07. The molecule has 0 saturated heterocycles. The molecule has 1 aromatic carbocycles. The summed E-state index contributed by atoms with van der Waals surface area (Å²) in [6.45, 7) is 7.52. The van der Waals surface area contributed by atoms with Crippen LogP contribution in [-0.4, -0.2) is 26.1 Å². The van der Waals surface area contributed by atoms with Gasteiger partial charge in [0.25, 0.3) is 10.1 Å². The van der Waals surface area contributed by atoms with Crippen LogP contribution in [0.3, 0.4) is 0 Å². The SMILES string of the molecule is CCN(CC)c1cc(S(=O)(=O)O)ccc1C. The van der Waals surface area contributed by atoms with Gasteiger partial charge in [-0.1, -0.05) is 6.07 Å². The molecule has 4 nitrogen and oxygen atoms in total. The Kier molecular flexibility index (Phi) is 3.93. The fourth-order valence-corrected chi connectivity index (χ4v) is 2.16. The van der Waals surface area contributed by atoms with E-state index in [2.05, 4.69) is 0 Å². The molecular formula is C11H17NO3S. The maximum atomic E-state index is 11.0. The van der Waals surface area contributed by atoms with Gasteiger partial charge in [0, 0.05) is 18.8 Å². The van der Waals surface area contributed by atoms with E-state index in [1.807, 2.05) is 25.7 Å². The number of anilines is 1. The van der Waals surface area contributed by atoms with Crippen molar-refractivity contribution in [2.75, 3.05) is 18.0 Å². The first-order valence-electron chi connectivity index (χ1n) is 5.23. The molecule has 0 aliphatic carbocycles. The molecule has 0 aromatic heterocycles. The minimum atomic E-state index is -4.12. The van der Waals surface area contributed by atoms with Crippen LogP contribution in [0.1, 0.15) is 19.4 Å². The van der Waals surface area contributed by atoms with Crippen molar-refractivity contribution in [3.8, 4) is 0 Å². The molecule has 0 amide bonds. The minimum Gasteiger partial charge on any atom is -0.372 e. The molecule has 90 valence electrons. The molecule has 0 spiro atoms. The van der Waals surface area contributed by atoms with Gasteiger partial charge in [0.2, 0.25) is 0 Å². The summed E-state index contributed by atoms with van der Waals surface area (Å²) in [5.74, 6) is 0. The lowest BCUT2D eigenvalue weighted by Gasteiger charge is -2.23. The molecule has 0 radical (unpaired) electrons. The third-order valence-corrected chi connectivity index (χ3v) is 3.43. The molecule has 0 aliphatic rings. The van der Waals surface area contributed by atoms with Crippen molar-refractivity contribution < 1.29 is 13.0 Å². The maximum Gasteiger partial charge on any atom is 0.294 e. The molecule has 0 unspecified atom stereocenters. The second-order valence-corrected chi connectivity index (χ2v) is 5.02. The molecule has 0 atom stereocenters. The van der Waals surface area contributed by atoms with E-state index in [-0.39, 0.29) is 4.90 Å². The van der Waals surface area contributed by atoms with Crippen molar-refractivity contribution in [2.24, 2.45) is 0 Å². The van der Waals surface area contributed by atoms with Gasteiger partial charge in [0.05, 0.1) is 4.90 Å². The number of aryl methyl sites for hydroxylation is 1. The van der Waals surface area contributed by atoms with Gasteiger partial charge in [-0.3, -0.25) is 4.55 Å². The molecule has 0 heterocycles. The van der Waals surface area contributed by atoms with Crippen molar-refractivity contribution in [1.82, 2.24) is 0 Å². The quantitative estimate of drug-likeness (QED) is 0.823. The Labute approximate surface area is 96.6 Å². The van der Waals surface area contributed by atoms with Crippen LogP contribution in [0.4, 0.5) is 5.69 Å². The predicted octanol–water partition coefficient (Wildman–Crippen LogP) is 2.09. The van der Waals surface area contributed by atoms with Crippen LogP contribution in [0, 0.1) is 6.92 Å². The van der Waals surface area contributed by atoms with Gasteiger partial charge in [-0.2, -0.15) is 8.42 Å². The van der Waals surface area contributed by atoms with Gasteiger partial charge in [0.1, 0.15) is 0 Å². The van der Waals surface area contributed by atoms with E-state index in [0.717, 1.165) is 24.3 Å². The van der Waals surface area contributed by atoms with Crippen LogP contribution < -0.4 is 4.90 Å². The average molecular weight is 243 g/mol. The summed E-state index contributed by atoms with van der Waals surface area (Å²) in [4.78, 5) is 1.99. The second-order valence-electron chi connectivity index (χ2n) is 3.60. The first-order valence-corrected chi connectivity index (χ1v) is 6.67. The predicted molar refractivity (Wildman–Crippen MR) is 64.6 cm³/mol. The lowest BCUT2D eigenvalue weighted by atomic mass is 10.2. The Morgan fingerprint density at radius 3 is 2.25 bits per heavy atom. The zero-order valence-corrected chi connectivity index (χ0v) is 10.6. The van der Waals surface area contributed by atoms with Crippen molar-refractivity contribution >= 4 is 15.8 Å². The van der Waals surface area contributed by atoms with E-state index in [4.69, 9.17) is 4.55 Å². The first-order chi connectivity index (χ1) is 7.40. The number of nitrogens with zero attached hydrogens (tertiary/aromatic N) is 1. The van der Waals surface area contributed by atoms with Crippen LogP contribution in [0.25, 0.3) is 0 Å². The second kappa shape index (κ2) is 4.84. The van der Waals surface area contributed by atoms with E-state index < -0.39 is 10.1 Å². The van der Waals surface area contributed by atoms with Crippen molar-refractivity contribution in [3.63, 3.8) is 0 Å². The fourth-order valence-electron chi connectivity index (χ4n) is 1.65. The van der Waals surface area contributed by atoms with Crippen molar-refractivity contribution in [3.05, 3.63) is 23.8 Å². The van der Waals surface area contributed by atoms with Crippen LogP contribution >= 0.6 is 0 Å². The molecular weight excluding hydrogens is 226 g/mol. The lowest BCUT2D eigenvalue weighted by molar-refractivity contribution is 0.483. The van der Waals surface area contributed by atoms with Crippen LogP contribution in [0.5, 0.6) is 0 Å². The third kappa shape index (κ3) is 2.74. The zero-order valence-electron chi connectivity index (χ0n) is 9.77. The van der Waals surface area contributed by atoms with Gasteiger partial charge >= 0.3 is 0 Å². The van der Waals surface area contributed by atoms with Gasteiger partial charge in [-0.25, -0.2) is 0 Å². The third-order valence-electron chi connectivity index (χ3n) is 2.58. The summed E-state index contributed by atoms with van der Waals surface area (Å²) in [5.41, 5.74) is 1.84. The monoisotopic (exact) mass is 243 g/mol. The van der Waals surface area contributed by atoms with Gasteiger partial charge in [-0.15, -0.1) is 0 Å². The smallest absolute Gasteiger partial charge is 0.294 e. The average Bonchev–Trinajstić information content (AvgIpc) is 2.20. The molecule has 1 aromatic rings. The fraction of sp³-hybridized carbons (Fsp3) is 0.455. The van der Waals surface area contributed by atoms with E-state index in [9.17, 15) is 8.42 Å². The van der Waals surface area contributed by atoms with Crippen LogP contribution in [0.15, 0.2) is 23.1 Å². The van der Waals surface area contributed by atoms with Gasteiger partial charge in [0.15, 0.2) is 0 Å². The largest absolute Gasteiger partial charge is 0.372 e. The number of hydrogen-bond acceptors (Lipinski definition) is 3. The Bertz CT molecular complexity index is 464. The first kappa shape index (κ1) is 13.0. The maximum absolute atomic E-state index is 11.0. The highest BCUT2D eigenvalue weighted by Gasteiger charge is 2.13. The summed E-state index contributed by atoms with van der Waals surface area (Å²) in [6.07, 6.45) is 0. The Morgan fingerprint density at radius 2 is 1.81 bits per heavy atom.